The van der Waals surface area contributed by atoms with E-state index >= 15 is 0 Å². The molecule has 1 saturated heterocycles. The van der Waals surface area contributed by atoms with E-state index < -0.39 is 0 Å². The number of benzene rings is 1. The van der Waals surface area contributed by atoms with E-state index in [9.17, 15) is 4.79 Å². The van der Waals surface area contributed by atoms with Gasteiger partial charge in [0.15, 0.2) is 0 Å². The molecule has 2 aromatic rings. The number of nitrogens with zero attached hydrogens (tertiary/aromatic N) is 4. The average molecular weight is 355 g/mol. The smallest absolute Gasteiger partial charge is 0.325 e. The predicted molar refractivity (Wildman–Crippen MR) is 99.3 cm³/mol. The van der Waals surface area contributed by atoms with Gasteiger partial charge in [0.05, 0.1) is 37.3 Å². The number of amides is 2. The van der Waals surface area contributed by atoms with E-state index in [1.54, 1.807) is 7.11 Å². The number of carbonyl (C=O) groups excluding carboxylic acids is 1. The molecule has 2 aliphatic heterocycles. The Bertz CT molecular complexity index is 801. The Balaban J connectivity index is 1.53. The van der Waals surface area contributed by atoms with Gasteiger partial charge in [-0.05, 0) is 31.5 Å². The summed E-state index contributed by atoms with van der Waals surface area (Å²) < 4.78 is 7.22. The lowest BCUT2D eigenvalue weighted by atomic mass is 10.2. The third-order valence-electron chi connectivity index (χ3n) is 5.19. The Morgan fingerprint density at radius 3 is 2.73 bits per heavy atom. The number of anilines is 1. The number of aromatic nitrogens is 2. The first-order valence-corrected chi connectivity index (χ1v) is 9.06. The van der Waals surface area contributed by atoms with Crippen LogP contribution in [-0.4, -0.2) is 46.4 Å². The Kier molecular flexibility index (Phi) is 4.32. The molecule has 1 aromatic carbocycles. The average Bonchev–Trinajstić information content (AvgIpc) is 3.15. The Labute approximate surface area is 153 Å². The van der Waals surface area contributed by atoms with Gasteiger partial charge in [-0.25, -0.2) is 4.79 Å². The molecule has 4 rings (SSSR count). The zero-order chi connectivity index (χ0) is 18.3. The third-order valence-corrected chi connectivity index (χ3v) is 5.19. The zero-order valence-corrected chi connectivity index (χ0v) is 15.5. The van der Waals surface area contributed by atoms with Crippen LogP contribution in [0, 0.1) is 0 Å². The molecule has 1 N–H and O–H groups in total. The Morgan fingerprint density at radius 2 is 2.00 bits per heavy atom. The van der Waals surface area contributed by atoms with Crippen LogP contribution in [0.1, 0.15) is 25.1 Å². The minimum atomic E-state index is 0.0442. The molecule has 0 radical (unpaired) electrons. The zero-order valence-electron chi connectivity index (χ0n) is 15.5. The number of rotatable bonds is 4. The quantitative estimate of drug-likeness (QED) is 0.913. The first-order valence-electron chi connectivity index (χ1n) is 9.06. The largest absolute Gasteiger partial charge is 0.497 e. The van der Waals surface area contributed by atoms with Crippen LogP contribution in [0.5, 0.6) is 5.75 Å². The highest BCUT2D eigenvalue weighted by Crippen LogP contribution is 2.30. The molecular weight excluding hydrogens is 330 g/mol. The van der Waals surface area contributed by atoms with E-state index in [-0.39, 0.29) is 12.1 Å². The van der Waals surface area contributed by atoms with Crippen molar-refractivity contribution in [2.24, 2.45) is 0 Å². The van der Waals surface area contributed by atoms with Gasteiger partial charge >= 0.3 is 6.03 Å². The summed E-state index contributed by atoms with van der Waals surface area (Å²) in [6.07, 6.45) is 1.83. The van der Waals surface area contributed by atoms with Gasteiger partial charge < -0.3 is 15.0 Å². The molecule has 0 unspecified atom stereocenters. The van der Waals surface area contributed by atoms with Crippen molar-refractivity contribution in [3.05, 3.63) is 41.7 Å². The van der Waals surface area contributed by atoms with Crippen molar-refractivity contribution in [1.29, 1.82) is 0 Å². The summed E-state index contributed by atoms with van der Waals surface area (Å²) >= 11 is 0. The Hall–Kier alpha value is -2.54. The topological polar surface area (TPSA) is 62.6 Å². The van der Waals surface area contributed by atoms with E-state index in [1.165, 1.54) is 0 Å². The van der Waals surface area contributed by atoms with E-state index in [0.717, 1.165) is 35.8 Å². The molecule has 2 atom stereocenters. The lowest BCUT2D eigenvalue weighted by Crippen LogP contribution is -2.39. The van der Waals surface area contributed by atoms with Crippen molar-refractivity contribution >= 4 is 11.7 Å². The van der Waals surface area contributed by atoms with Gasteiger partial charge in [-0.1, -0.05) is 12.1 Å². The fourth-order valence-corrected chi connectivity index (χ4v) is 3.78. The maximum atomic E-state index is 13.1. The van der Waals surface area contributed by atoms with Gasteiger partial charge in [0, 0.05) is 25.7 Å². The molecular formula is C19H25N5O2. The van der Waals surface area contributed by atoms with Gasteiger partial charge in [-0.15, -0.1) is 0 Å². The van der Waals surface area contributed by atoms with Gasteiger partial charge in [0.1, 0.15) is 5.75 Å². The number of carbonyl (C=O) groups is 1. The number of hydrogen-bond donors (Lipinski definition) is 1. The number of ether oxygens (including phenoxy) is 1. The van der Waals surface area contributed by atoms with Crippen molar-refractivity contribution in [2.75, 3.05) is 18.6 Å². The second kappa shape index (κ2) is 6.64. The highest BCUT2D eigenvalue weighted by molar-refractivity contribution is 5.95. The molecule has 0 saturated carbocycles. The van der Waals surface area contributed by atoms with E-state index in [1.807, 2.05) is 44.9 Å². The number of fused-ring (bicyclic) bond motifs is 1. The third kappa shape index (κ3) is 2.92. The maximum absolute atomic E-state index is 13.1. The van der Waals surface area contributed by atoms with Crippen LogP contribution >= 0.6 is 0 Å². The number of urea groups is 1. The van der Waals surface area contributed by atoms with Crippen LogP contribution in [-0.2, 0) is 19.6 Å². The van der Waals surface area contributed by atoms with Crippen LogP contribution in [0.25, 0.3) is 0 Å². The highest BCUT2D eigenvalue weighted by Gasteiger charge is 2.38. The summed E-state index contributed by atoms with van der Waals surface area (Å²) in [6, 6.07) is 8.43. The molecule has 7 nitrogen and oxygen atoms in total. The summed E-state index contributed by atoms with van der Waals surface area (Å²) in [4.78, 5) is 16.8. The molecule has 1 fully saturated rings. The lowest BCUT2D eigenvalue weighted by Gasteiger charge is -2.26. The van der Waals surface area contributed by atoms with E-state index in [4.69, 9.17) is 4.74 Å². The summed E-state index contributed by atoms with van der Waals surface area (Å²) in [6.45, 7) is 7.12. The van der Waals surface area contributed by atoms with Crippen molar-refractivity contribution < 1.29 is 9.53 Å². The Morgan fingerprint density at radius 1 is 1.23 bits per heavy atom. The minimum Gasteiger partial charge on any atom is -0.497 e. The summed E-state index contributed by atoms with van der Waals surface area (Å²) in [5.74, 6) is 0.824. The SMILES string of the molecule is COc1ccc(CN2C[C@H](C)N(c3cnn4c3CN[C@@H](C)C4)C2=O)cc1. The molecule has 0 spiro atoms. The second-order valence-corrected chi connectivity index (χ2v) is 7.17. The summed E-state index contributed by atoms with van der Waals surface area (Å²) in [5, 5.41) is 7.95. The molecule has 138 valence electrons. The van der Waals surface area contributed by atoms with Gasteiger partial charge in [-0.3, -0.25) is 9.58 Å². The molecule has 1 aromatic heterocycles. The lowest BCUT2D eigenvalue weighted by molar-refractivity contribution is 0.218. The monoisotopic (exact) mass is 355 g/mol. The van der Waals surface area contributed by atoms with Crippen molar-refractivity contribution in [3.8, 4) is 5.75 Å². The normalized spacial score (nSPS) is 22.7. The first kappa shape index (κ1) is 16.9. The molecule has 7 heteroatoms. The van der Waals surface area contributed by atoms with Crippen molar-refractivity contribution in [3.63, 3.8) is 0 Å². The number of hydrogen-bond acceptors (Lipinski definition) is 4. The summed E-state index contributed by atoms with van der Waals surface area (Å²) in [5.41, 5.74) is 3.12. The van der Waals surface area contributed by atoms with Crippen LogP contribution in [0.3, 0.4) is 0 Å². The van der Waals surface area contributed by atoms with E-state index in [2.05, 4.69) is 24.3 Å². The first-order chi connectivity index (χ1) is 12.6. The maximum Gasteiger partial charge on any atom is 0.325 e. The molecule has 2 aliphatic rings. The number of nitrogens with one attached hydrogen (secondary N) is 1. The van der Waals surface area contributed by atoms with Crippen LogP contribution in [0.15, 0.2) is 30.5 Å². The van der Waals surface area contributed by atoms with Crippen LogP contribution < -0.4 is 15.0 Å². The van der Waals surface area contributed by atoms with E-state index in [0.29, 0.717) is 19.1 Å². The standard InChI is InChI=1S/C19H25N5O2/c1-13-10-23-17(8-20-13)18(9-21-23)24-14(2)11-22(19(24)25)12-15-4-6-16(26-3)7-5-15/h4-7,9,13-14,20H,8,10-12H2,1-3H3/t13-,14-/m0/s1. The van der Waals surface area contributed by atoms with Crippen LogP contribution in [0.2, 0.25) is 0 Å². The predicted octanol–water partition coefficient (Wildman–Crippen LogP) is 2.21. The molecule has 0 bridgehead atoms. The van der Waals surface area contributed by atoms with Gasteiger partial charge in [-0.2, -0.15) is 5.10 Å². The van der Waals surface area contributed by atoms with Crippen molar-refractivity contribution in [2.45, 2.75) is 45.6 Å². The summed E-state index contributed by atoms with van der Waals surface area (Å²) in [7, 11) is 1.65. The molecule has 2 amide bonds. The fraction of sp³-hybridized carbons (Fsp3) is 0.474. The van der Waals surface area contributed by atoms with Gasteiger partial charge in [0.2, 0.25) is 0 Å². The second-order valence-electron chi connectivity index (χ2n) is 7.17. The number of methoxy groups -OCH3 is 1. The minimum absolute atomic E-state index is 0.0442. The fourth-order valence-electron chi connectivity index (χ4n) is 3.78. The molecule has 26 heavy (non-hydrogen) atoms. The molecule has 3 heterocycles. The highest BCUT2D eigenvalue weighted by atomic mass is 16.5. The molecule has 0 aliphatic carbocycles. The van der Waals surface area contributed by atoms with Crippen LogP contribution in [0.4, 0.5) is 10.5 Å². The van der Waals surface area contributed by atoms with Crippen molar-refractivity contribution in [1.82, 2.24) is 20.0 Å². The van der Waals surface area contributed by atoms with Gasteiger partial charge in [0.25, 0.3) is 0 Å².